The second-order valence-corrected chi connectivity index (χ2v) is 4.92. The van der Waals surface area contributed by atoms with E-state index in [0.717, 1.165) is 23.7 Å². The molecule has 2 aromatic rings. The lowest BCUT2D eigenvalue weighted by Gasteiger charge is -2.26. The molecule has 2 aromatic heterocycles. The van der Waals surface area contributed by atoms with Gasteiger partial charge >= 0.3 is 0 Å². The molecule has 4 heteroatoms. The van der Waals surface area contributed by atoms with E-state index >= 15 is 0 Å². The Balaban J connectivity index is 1.91. The molecule has 1 atom stereocenters. The average Bonchev–Trinajstić information content (AvgIpc) is 2.81. The highest BCUT2D eigenvalue weighted by molar-refractivity contribution is 7.10. The Labute approximate surface area is 98.5 Å². The minimum atomic E-state index is 0.335. The van der Waals surface area contributed by atoms with E-state index in [0.29, 0.717) is 6.04 Å². The summed E-state index contributed by atoms with van der Waals surface area (Å²) in [7, 11) is 0. The molecule has 0 fully saturated rings. The van der Waals surface area contributed by atoms with E-state index in [1.165, 1.54) is 4.88 Å². The monoisotopic (exact) mass is 231 g/mol. The van der Waals surface area contributed by atoms with Crippen molar-refractivity contribution in [2.24, 2.45) is 0 Å². The van der Waals surface area contributed by atoms with Crippen LogP contribution in [0, 0.1) is 6.92 Å². The van der Waals surface area contributed by atoms with Crippen molar-refractivity contribution in [3.8, 4) is 0 Å². The van der Waals surface area contributed by atoms with Crippen LogP contribution in [-0.4, -0.2) is 11.5 Å². The van der Waals surface area contributed by atoms with Gasteiger partial charge < -0.3 is 10.6 Å². The fourth-order valence-corrected chi connectivity index (χ4v) is 2.68. The summed E-state index contributed by atoms with van der Waals surface area (Å²) in [5, 5.41) is 8.99. The maximum absolute atomic E-state index is 4.50. The molecule has 0 bridgehead atoms. The van der Waals surface area contributed by atoms with Gasteiger partial charge in [-0.1, -0.05) is 6.07 Å². The smallest absolute Gasteiger partial charge is 0.150 e. The van der Waals surface area contributed by atoms with Gasteiger partial charge in [0.1, 0.15) is 5.82 Å². The van der Waals surface area contributed by atoms with Crippen LogP contribution in [0.3, 0.4) is 0 Å². The second kappa shape index (κ2) is 3.79. The molecule has 0 aliphatic carbocycles. The Kier molecular flexibility index (Phi) is 2.29. The van der Waals surface area contributed by atoms with Gasteiger partial charge in [0.05, 0.1) is 11.7 Å². The van der Waals surface area contributed by atoms with Crippen LogP contribution in [0.1, 0.15) is 16.6 Å². The molecule has 1 aliphatic rings. The van der Waals surface area contributed by atoms with Gasteiger partial charge in [-0.3, -0.25) is 0 Å². The first-order valence-electron chi connectivity index (χ1n) is 5.34. The molecule has 0 amide bonds. The summed E-state index contributed by atoms with van der Waals surface area (Å²) in [4.78, 5) is 5.85. The zero-order chi connectivity index (χ0) is 11.0. The molecule has 1 aliphatic heterocycles. The number of rotatable bonds is 1. The van der Waals surface area contributed by atoms with Gasteiger partial charge in [-0.2, -0.15) is 0 Å². The third kappa shape index (κ3) is 1.65. The minimum Gasteiger partial charge on any atom is -0.380 e. The quantitative estimate of drug-likeness (QED) is 0.792. The Bertz CT molecular complexity index is 493. The fraction of sp³-hybridized carbons (Fsp3) is 0.250. The molecular formula is C12H13N3S. The SMILES string of the molecule is Cc1ccc2c(n1)NC(c1cccs1)CN2. The van der Waals surface area contributed by atoms with E-state index in [9.17, 15) is 0 Å². The van der Waals surface area contributed by atoms with Crippen LogP contribution in [0.2, 0.25) is 0 Å². The van der Waals surface area contributed by atoms with Crippen molar-refractivity contribution in [1.29, 1.82) is 0 Å². The first-order chi connectivity index (χ1) is 7.83. The largest absolute Gasteiger partial charge is 0.380 e. The number of pyridine rings is 1. The third-order valence-electron chi connectivity index (χ3n) is 2.73. The summed E-state index contributed by atoms with van der Waals surface area (Å²) in [6.07, 6.45) is 0. The molecule has 2 N–H and O–H groups in total. The van der Waals surface area contributed by atoms with Crippen LogP contribution in [0.4, 0.5) is 11.5 Å². The third-order valence-corrected chi connectivity index (χ3v) is 3.71. The van der Waals surface area contributed by atoms with Gasteiger partial charge in [0.15, 0.2) is 0 Å². The number of anilines is 2. The molecule has 82 valence electrons. The van der Waals surface area contributed by atoms with E-state index in [1.54, 1.807) is 11.3 Å². The Morgan fingerprint density at radius 2 is 2.31 bits per heavy atom. The van der Waals surface area contributed by atoms with E-state index < -0.39 is 0 Å². The molecule has 1 unspecified atom stereocenters. The number of nitrogens with one attached hydrogen (secondary N) is 2. The van der Waals surface area contributed by atoms with Crippen molar-refractivity contribution in [2.75, 3.05) is 17.2 Å². The van der Waals surface area contributed by atoms with E-state index in [1.807, 2.05) is 13.0 Å². The highest BCUT2D eigenvalue weighted by atomic mass is 32.1. The van der Waals surface area contributed by atoms with Crippen molar-refractivity contribution >= 4 is 22.8 Å². The minimum absolute atomic E-state index is 0.335. The molecule has 3 heterocycles. The van der Waals surface area contributed by atoms with Gasteiger partial charge in [0, 0.05) is 17.1 Å². The molecular weight excluding hydrogens is 218 g/mol. The van der Waals surface area contributed by atoms with Crippen molar-refractivity contribution in [3.05, 3.63) is 40.2 Å². The number of aryl methyl sites for hydroxylation is 1. The molecule has 3 nitrogen and oxygen atoms in total. The zero-order valence-electron chi connectivity index (χ0n) is 9.03. The molecule has 0 saturated carbocycles. The van der Waals surface area contributed by atoms with E-state index in [-0.39, 0.29) is 0 Å². The lowest BCUT2D eigenvalue weighted by Crippen LogP contribution is -2.25. The average molecular weight is 231 g/mol. The van der Waals surface area contributed by atoms with Gasteiger partial charge in [0.25, 0.3) is 0 Å². The Morgan fingerprint density at radius 1 is 1.38 bits per heavy atom. The van der Waals surface area contributed by atoms with E-state index in [2.05, 4.69) is 39.2 Å². The fourth-order valence-electron chi connectivity index (χ4n) is 1.90. The molecule has 0 spiro atoms. The van der Waals surface area contributed by atoms with Crippen molar-refractivity contribution in [3.63, 3.8) is 0 Å². The first-order valence-corrected chi connectivity index (χ1v) is 6.22. The molecule has 0 radical (unpaired) electrons. The van der Waals surface area contributed by atoms with Crippen LogP contribution in [0.15, 0.2) is 29.6 Å². The van der Waals surface area contributed by atoms with Crippen LogP contribution >= 0.6 is 11.3 Å². The number of hydrogen-bond donors (Lipinski definition) is 2. The predicted molar refractivity (Wildman–Crippen MR) is 68.1 cm³/mol. The van der Waals surface area contributed by atoms with Crippen LogP contribution < -0.4 is 10.6 Å². The lowest BCUT2D eigenvalue weighted by molar-refractivity contribution is 0.808. The molecule has 0 aromatic carbocycles. The van der Waals surface area contributed by atoms with Crippen molar-refractivity contribution in [1.82, 2.24) is 4.98 Å². The molecule has 0 saturated heterocycles. The summed E-state index contributed by atoms with van der Waals surface area (Å²) >= 11 is 1.78. The zero-order valence-corrected chi connectivity index (χ0v) is 9.84. The highest BCUT2D eigenvalue weighted by Gasteiger charge is 2.20. The molecule has 3 rings (SSSR count). The number of nitrogens with zero attached hydrogens (tertiary/aromatic N) is 1. The number of thiophene rings is 1. The molecule has 16 heavy (non-hydrogen) atoms. The number of hydrogen-bond acceptors (Lipinski definition) is 4. The van der Waals surface area contributed by atoms with Gasteiger partial charge in [-0.15, -0.1) is 11.3 Å². The summed E-state index contributed by atoms with van der Waals surface area (Å²) in [5.41, 5.74) is 2.14. The number of aromatic nitrogens is 1. The predicted octanol–water partition coefficient (Wildman–Crippen LogP) is 3.03. The normalized spacial score (nSPS) is 18.4. The summed E-state index contributed by atoms with van der Waals surface area (Å²) in [6, 6.07) is 8.68. The number of fused-ring (bicyclic) bond motifs is 1. The topological polar surface area (TPSA) is 37.0 Å². The highest BCUT2D eigenvalue weighted by Crippen LogP contribution is 2.31. The van der Waals surface area contributed by atoms with Crippen LogP contribution in [-0.2, 0) is 0 Å². The van der Waals surface area contributed by atoms with Crippen molar-refractivity contribution in [2.45, 2.75) is 13.0 Å². The summed E-state index contributed by atoms with van der Waals surface area (Å²) in [6.45, 7) is 2.93. The van der Waals surface area contributed by atoms with Crippen LogP contribution in [0.25, 0.3) is 0 Å². The first kappa shape index (κ1) is 9.66. The maximum Gasteiger partial charge on any atom is 0.150 e. The van der Waals surface area contributed by atoms with Gasteiger partial charge in [-0.05, 0) is 30.5 Å². The van der Waals surface area contributed by atoms with Crippen LogP contribution in [0.5, 0.6) is 0 Å². The van der Waals surface area contributed by atoms with E-state index in [4.69, 9.17) is 0 Å². The summed E-state index contributed by atoms with van der Waals surface area (Å²) in [5.74, 6) is 0.963. The van der Waals surface area contributed by atoms with Gasteiger partial charge in [0.2, 0.25) is 0 Å². The lowest BCUT2D eigenvalue weighted by atomic mass is 10.2. The van der Waals surface area contributed by atoms with Crippen molar-refractivity contribution < 1.29 is 0 Å². The standard InChI is InChI=1S/C12H13N3S/c1-8-4-5-9-12(14-8)15-10(7-13-9)11-3-2-6-16-11/h2-6,10,13H,7H2,1H3,(H,14,15). The Morgan fingerprint density at radius 3 is 3.12 bits per heavy atom. The van der Waals surface area contributed by atoms with Gasteiger partial charge in [-0.25, -0.2) is 4.98 Å². The second-order valence-electron chi connectivity index (χ2n) is 3.94. The Hall–Kier alpha value is -1.55. The maximum atomic E-state index is 4.50. The summed E-state index contributed by atoms with van der Waals surface area (Å²) < 4.78 is 0.